The summed E-state index contributed by atoms with van der Waals surface area (Å²) in [7, 11) is 0. The largest absolute Gasteiger partial charge is 0.573 e. The maximum Gasteiger partial charge on any atom is 0.573 e. The molecule has 0 N–H and O–H groups in total. The molecule has 2 rings (SSSR count). The van der Waals surface area contributed by atoms with Crippen molar-refractivity contribution < 1.29 is 31.4 Å². The summed E-state index contributed by atoms with van der Waals surface area (Å²) in [6.07, 6.45) is -3.43. The summed E-state index contributed by atoms with van der Waals surface area (Å²) in [6, 6.07) is 10.4. The van der Waals surface area contributed by atoms with Crippen molar-refractivity contribution in [2.75, 3.05) is 6.54 Å². The molecule has 0 atom stereocenters. The van der Waals surface area contributed by atoms with Crippen LogP contribution >= 0.6 is 0 Å². The van der Waals surface area contributed by atoms with Crippen LogP contribution in [0, 0.1) is 6.92 Å². The van der Waals surface area contributed by atoms with Gasteiger partial charge in [0.05, 0.1) is 0 Å². The number of aliphatic imine (C=N–C) groups is 1. The molecule has 0 aromatic heterocycles. The van der Waals surface area contributed by atoms with Gasteiger partial charge in [-0.2, -0.15) is 0 Å². The normalized spacial score (nSPS) is 12.4. The molecular formula is C18H16F5NO2. The summed E-state index contributed by atoms with van der Waals surface area (Å²) in [5.41, 5.74) is 0.885. The second-order valence-electron chi connectivity index (χ2n) is 5.69. The van der Waals surface area contributed by atoms with Gasteiger partial charge in [-0.15, -0.1) is 13.2 Å². The van der Waals surface area contributed by atoms with Crippen molar-refractivity contribution in [1.29, 1.82) is 0 Å². The Morgan fingerprint density at radius 1 is 0.962 bits per heavy atom. The number of alkyl halides is 5. The lowest BCUT2D eigenvalue weighted by Crippen LogP contribution is -2.17. The Labute approximate surface area is 147 Å². The van der Waals surface area contributed by atoms with Gasteiger partial charge in [0.1, 0.15) is 23.8 Å². The average molecular weight is 373 g/mol. The molecule has 2 aromatic rings. The van der Waals surface area contributed by atoms with Crippen molar-refractivity contribution in [3.63, 3.8) is 0 Å². The molecule has 0 heterocycles. The van der Waals surface area contributed by atoms with E-state index in [1.165, 1.54) is 31.3 Å². The fourth-order valence-electron chi connectivity index (χ4n) is 1.99. The molecule has 0 spiro atoms. The van der Waals surface area contributed by atoms with Crippen LogP contribution in [-0.4, -0.2) is 25.0 Å². The maximum absolute atomic E-state index is 12.7. The second-order valence-corrected chi connectivity index (χ2v) is 5.69. The first-order chi connectivity index (χ1) is 12.0. The smallest absolute Gasteiger partial charge is 0.457 e. The predicted octanol–water partition coefficient (Wildman–Crippen LogP) is 5.76. The molecule has 26 heavy (non-hydrogen) atoms. The minimum absolute atomic E-state index is 0.268. The summed E-state index contributed by atoms with van der Waals surface area (Å²) in [4.78, 5) is 3.66. The van der Waals surface area contributed by atoms with E-state index in [2.05, 4.69) is 9.73 Å². The van der Waals surface area contributed by atoms with Crippen molar-refractivity contribution in [3.8, 4) is 17.2 Å². The van der Waals surface area contributed by atoms with E-state index in [-0.39, 0.29) is 11.3 Å². The number of halogens is 5. The highest BCUT2D eigenvalue weighted by molar-refractivity contribution is 5.79. The van der Waals surface area contributed by atoms with Crippen LogP contribution < -0.4 is 9.47 Å². The Balaban J connectivity index is 2.02. The highest BCUT2D eigenvalue weighted by Crippen LogP contribution is 2.30. The van der Waals surface area contributed by atoms with Crippen molar-refractivity contribution in [3.05, 3.63) is 53.6 Å². The van der Waals surface area contributed by atoms with E-state index in [1.807, 2.05) is 0 Å². The van der Waals surface area contributed by atoms with Gasteiger partial charge >= 0.3 is 6.36 Å². The van der Waals surface area contributed by atoms with E-state index >= 15 is 0 Å². The van der Waals surface area contributed by atoms with E-state index in [9.17, 15) is 22.0 Å². The quantitative estimate of drug-likeness (QED) is 0.476. The fourth-order valence-corrected chi connectivity index (χ4v) is 1.99. The van der Waals surface area contributed by atoms with Crippen LogP contribution in [0.15, 0.2) is 47.5 Å². The van der Waals surface area contributed by atoms with E-state index in [0.29, 0.717) is 17.1 Å². The molecule has 0 bridgehead atoms. The third-order valence-corrected chi connectivity index (χ3v) is 3.10. The number of benzene rings is 2. The average Bonchev–Trinajstić information content (AvgIpc) is 2.49. The summed E-state index contributed by atoms with van der Waals surface area (Å²) < 4.78 is 71.6. The summed E-state index contributed by atoms with van der Waals surface area (Å²) in [5, 5.41) is 0. The third-order valence-electron chi connectivity index (χ3n) is 3.10. The lowest BCUT2D eigenvalue weighted by molar-refractivity contribution is -0.274. The Kier molecular flexibility index (Phi) is 5.84. The Bertz CT molecular complexity index is 765. The van der Waals surface area contributed by atoms with Gasteiger partial charge in [0.15, 0.2) is 0 Å². The Morgan fingerprint density at radius 3 is 2.12 bits per heavy atom. The van der Waals surface area contributed by atoms with Crippen LogP contribution in [0.5, 0.6) is 17.2 Å². The number of aryl methyl sites for hydroxylation is 1. The molecule has 0 radical (unpaired) electrons. The van der Waals surface area contributed by atoms with Crippen LogP contribution in [0.3, 0.4) is 0 Å². The van der Waals surface area contributed by atoms with Gasteiger partial charge in [-0.1, -0.05) is 0 Å². The van der Waals surface area contributed by atoms with Crippen molar-refractivity contribution in [2.24, 2.45) is 4.99 Å². The third kappa shape index (κ3) is 6.70. The van der Waals surface area contributed by atoms with Crippen LogP contribution in [-0.2, 0) is 0 Å². The molecule has 0 unspecified atom stereocenters. The number of nitrogens with zero attached hydrogens (tertiary/aromatic N) is 1. The zero-order chi connectivity index (χ0) is 19.4. The minimum atomic E-state index is -4.76. The molecule has 0 saturated heterocycles. The first-order valence-electron chi connectivity index (χ1n) is 7.54. The van der Waals surface area contributed by atoms with Crippen molar-refractivity contribution in [2.45, 2.75) is 26.1 Å². The Hall–Kier alpha value is -2.64. The van der Waals surface area contributed by atoms with Gasteiger partial charge in [-0.25, -0.2) is 8.78 Å². The number of hydrogen-bond acceptors (Lipinski definition) is 3. The van der Waals surface area contributed by atoms with Crippen LogP contribution in [0.1, 0.15) is 18.1 Å². The van der Waals surface area contributed by atoms with E-state index in [4.69, 9.17) is 4.74 Å². The highest BCUT2D eigenvalue weighted by Gasteiger charge is 2.31. The molecule has 0 amide bonds. The van der Waals surface area contributed by atoms with Gasteiger partial charge in [0, 0.05) is 13.1 Å². The molecule has 0 aliphatic rings. The zero-order valence-corrected chi connectivity index (χ0v) is 14.0. The molecule has 0 saturated carbocycles. The molecule has 0 aliphatic carbocycles. The van der Waals surface area contributed by atoms with Gasteiger partial charge < -0.3 is 9.47 Å². The molecular weight excluding hydrogens is 357 g/mol. The van der Waals surface area contributed by atoms with Crippen LogP contribution in [0.4, 0.5) is 22.0 Å². The first kappa shape index (κ1) is 19.7. The first-order valence-corrected chi connectivity index (χ1v) is 7.54. The molecule has 0 aliphatic heterocycles. The van der Waals surface area contributed by atoms with Gasteiger partial charge in [-0.05, 0) is 60.5 Å². The minimum Gasteiger partial charge on any atom is -0.457 e. The zero-order valence-electron chi connectivity index (χ0n) is 14.0. The molecule has 2 aromatic carbocycles. The van der Waals surface area contributed by atoms with E-state index < -0.39 is 18.8 Å². The van der Waals surface area contributed by atoms with Gasteiger partial charge in [0.25, 0.3) is 5.92 Å². The van der Waals surface area contributed by atoms with Gasteiger partial charge in [0.2, 0.25) is 0 Å². The molecule has 3 nitrogen and oxygen atoms in total. The summed E-state index contributed by atoms with van der Waals surface area (Å²) in [5.74, 6) is -2.39. The van der Waals surface area contributed by atoms with Crippen LogP contribution in [0.2, 0.25) is 0 Å². The summed E-state index contributed by atoms with van der Waals surface area (Å²) in [6.45, 7) is 1.65. The highest BCUT2D eigenvalue weighted by atomic mass is 19.4. The lowest BCUT2D eigenvalue weighted by atomic mass is 10.2. The lowest BCUT2D eigenvalue weighted by Gasteiger charge is -2.13. The van der Waals surface area contributed by atoms with E-state index in [0.717, 1.165) is 6.92 Å². The number of ether oxygens (including phenoxy) is 2. The molecule has 0 fully saturated rings. The SMILES string of the molecule is Cc1cc(Oc2ccc(C=NCC(C)(F)F)cc2)ccc1OC(F)(F)F. The van der Waals surface area contributed by atoms with E-state index in [1.54, 1.807) is 24.3 Å². The monoisotopic (exact) mass is 373 g/mol. The van der Waals surface area contributed by atoms with Gasteiger partial charge in [-0.3, -0.25) is 4.99 Å². The fraction of sp³-hybridized carbons (Fsp3) is 0.278. The number of rotatable bonds is 6. The Morgan fingerprint density at radius 2 is 1.58 bits per heavy atom. The topological polar surface area (TPSA) is 30.8 Å². The standard InChI is InChI=1S/C18H16F5NO2/c1-12-9-15(7-8-16(12)26-18(21,22)23)25-14-5-3-13(4-6-14)10-24-11-17(2,19)20/h3-10H,11H2,1-2H3. The molecule has 8 heteroatoms. The van der Waals surface area contributed by atoms with Crippen molar-refractivity contribution >= 4 is 6.21 Å². The van der Waals surface area contributed by atoms with Crippen LogP contribution in [0.25, 0.3) is 0 Å². The summed E-state index contributed by atoms with van der Waals surface area (Å²) >= 11 is 0. The molecule has 140 valence electrons. The number of hydrogen-bond donors (Lipinski definition) is 0. The van der Waals surface area contributed by atoms with Crippen molar-refractivity contribution in [1.82, 2.24) is 0 Å². The second kappa shape index (κ2) is 7.72. The predicted molar refractivity (Wildman–Crippen MR) is 87.5 cm³/mol. The maximum atomic E-state index is 12.7.